The number of fused-ring (bicyclic) bond motifs is 3. The van der Waals surface area contributed by atoms with Crippen molar-refractivity contribution in [2.75, 3.05) is 37.7 Å². The van der Waals surface area contributed by atoms with Crippen LogP contribution < -0.4 is 4.90 Å². The van der Waals surface area contributed by atoms with Crippen molar-refractivity contribution in [3.63, 3.8) is 0 Å². The van der Waals surface area contributed by atoms with Crippen LogP contribution in [-0.2, 0) is 15.7 Å². The highest BCUT2D eigenvalue weighted by Crippen LogP contribution is 2.57. The number of alkyl halides is 3. The van der Waals surface area contributed by atoms with E-state index in [1.54, 1.807) is 0 Å². The molecule has 3 aliphatic heterocycles. The number of carbonyl (C=O) groups excluding carboxylic acids is 2. The van der Waals surface area contributed by atoms with Crippen molar-refractivity contribution in [1.82, 2.24) is 14.8 Å². The molecule has 1 amide bonds. The fourth-order valence-electron chi connectivity index (χ4n) is 9.20. The molecule has 2 aliphatic carbocycles. The van der Waals surface area contributed by atoms with Gasteiger partial charge in [-0.2, -0.15) is 13.2 Å². The molecule has 0 spiro atoms. The quantitative estimate of drug-likeness (QED) is 0.380. The average Bonchev–Trinajstić information content (AvgIpc) is 3.81. The summed E-state index contributed by atoms with van der Waals surface area (Å²) in [6.45, 7) is 5.27. The number of piperazine rings is 1. The van der Waals surface area contributed by atoms with Crippen molar-refractivity contribution in [2.24, 2.45) is 11.3 Å². The van der Waals surface area contributed by atoms with E-state index in [1.165, 1.54) is 11.8 Å². The normalized spacial score (nSPS) is 30.6. The number of halogens is 3. The second-order valence-electron chi connectivity index (χ2n) is 13.5. The third-order valence-electron chi connectivity index (χ3n) is 11.3. The number of ether oxygens (including phenoxy) is 1. The van der Waals surface area contributed by atoms with Crippen LogP contribution in [0.25, 0.3) is 0 Å². The minimum absolute atomic E-state index is 0.00902. The maximum atomic E-state index is 14.4. The van der Waals surface area contributed by atoms with Gasteiger partial charge in [-0.05, 0) is 107 Å². The van der Waals surface area contributed by atoms with Gasteiger partial charge in [0, 0.05) is 25.3 Å². The molecule has 1 aromatic heterocycles. The van der Waals surface area contributed by atoms with Crippen LogP contribution in [0.15, 0.2) is 42.6 Å². The van der Waals surface area contributed by atoms with Gasteiger partial charge < -0.3 is 19.4 Å². The molecule has 1 aromatic carbocycles. The van der Waals surface area contributed by atoms with E-state index in [4.69, 9.17) is 4.74 Å². The number of pyridine rings is 1. The smallest absolute Gasteiger partial charge is 0.416 e. The Kier molecular flexibility index (Phi) is 7.62. The molecule has 7 nitrogen and oxygen atoms in total. The summed E-state index contributed by atoms with van der Waals surface area (Å²) in [5, 5.41) is 0. The molecule has 4 heterocycles. The van der Waals surface area contributed by atoms with Crippen LogP contribution in [0, 0.1) is 11.3 Å². The van der Waals surface area contributed by atoms with Crippen molar-refractivity contribution in [3.05, 3.63) is 59.3 Å². The summed E-state index contributed by atoms with van der Waals surface area (Å²) >= 11 is 0. The number of aromatic nitrogens is 1. The van der Waals surface area contributed by atoms with E-state index in [0.29, 0.717) is 49.0 Å². The van der Waals surface area contributed by atoms with Gasteiger partial charge in [-0.25, -0.2) is 9.78 Å². The molecule has 2 bridgehead atoms. The van der Waals surface area contributed by atoms with Crippen molar-refractivity contribution < 1.29 is 27.5 Å². The predicted molar refractivity (Wildman–Crippen MR) is 159 cm³/mol. The van der Waals surface area contributed by atoms with Crippen LogP contribution in [0.5, 0.6) is 0 Å². The molecule has 5 fully saturated rings. The first-order valence-corrected chi connectivity index (χ1v) is 16.3. The Morgan fingerprint density at radius 2 is 1.84 bits per heavy atom. The van der Waals surface area contributed by atoms with Gasteiger partial charge in [0.25, 0.3) is 0 Å². The summed E-state index contributed by atoms with van der Waals surface area (Å²) in [5.41, 5.74) is 0.820. The standard InChI is InChI=1S/C34H41F3N4O3/c1-2-44-31(42)24-6-3-5-23(15-24)22-9-13-39(14-10-22)27-16-25-7-4-11-33(25,19-27)32(43)41-21-28-18-29(41)20-40(28)30-17-26(8-12-38-30)34(35,36)37/h3,5-6,8,12,15,17,22,25,27-29H,2,4,7,9-11,13-14,16,18-21H2,1H3/t25-,27+,28+,29+,33-/m1/s1. The zero-order chi connectivity index (χ0) is 30.6. The highest BCUT2D eigenvalue weighted by atomic mass is 19.4. The van der Waals surface area contributed by atoms with E-state index in [-0.39, 0.29) is 29.4 Å². The summed E-state index contributed by atoms with van der Waals surface area (Å²) < 4.78 is 45.1. The van der Waals surface area contributed by atoms with E-state index < -0.39 is 11.7 Å². The largest absolute Gasteiger partial charge is 0.462 e. The number of carbonyl (C=O) groups is 2. The lowest BCUT2D eigenvalue weighted by Crippen LogP contribution is -2.54. The fourth-order valence-corrected chi connectivity index (χ4v) is 9.20. The number of benzene rings is 1. The third kappa shape index (κ3) is 5.16. The first-order chi connectivity index (χ1) is 21.2. The number of rotatable bonds is 6. The maximum Gasteiger partial charge on any atom is 0.416 e. The monoisotopic (exact) mass is 610 g/mol. The number of amides is 1. The molecule has 2 aromatic rings. The summed E-state index contributed by atoms with van der Waals surface area (Å²) in [6.07, 6.45) is 4.79. The number of esters is 1. The fraction of sp³-hybridized carbons (Fsp3) is 0.618. The van der Waals surface area contributed by atoms with Gasteiger partial charge in [0.05, 0.1) is 35.2 Å². The molecule has 5 aliphatic rings. The van der Waals surface area contributed by atoms with E-state index >= 15 is 0 Å². The first kappa shape index (κ1) is 29.6. The first-order valence-electron chi connectivity index (χ1n) is 16.3. The molecule has 5 atom stereocenters. The van der Waals surface area contributed by atoms with Gasteiger partial charge in [0.1, 0.15) is 5.82 Å². The lowest BCUT2D eigenvalue weighted by molar-refractivity contribution is -0.144. The number of piperidine rings is 1. The molecular weight excluding hydrogens is 569 g/mol. The van der Waals surface area contributed by atoms with Gasteiger partial charge in [-0.15, -0.1) is 0 Å². The van der Waals surface area contributed by atoms with Gasteiger partial charge >= 0.3 is 12.1 Å². The third-order valence-corrected chi connectivity index (χ3v) is 11.3. The van der Waals surface area contributed by atoms with Crippen LogP contribution in [-0.4, -0.2) is 77.6 Å². The molecule has 7 rings (SSSR count). The molecule has 0 radical (unpaired) electrons. The van der Waals surface area contributed by atoms with Gasteiger partial charge in [-0.1, -0.05) is 18.6 Å². The second-order valence-corrected chi connectivity index (χ2v) is 13.5. The Bertz CT molecular complexity index is 1410. The Hall–Kier alpha value is -3.14. The Morgan fingerprint density at radius 1 is 1.02 bits per heavy atom. The maximum absolute atomic E-state index is 14.4. The van der Waals surface area contributed by atoms with Crippen LogP contribution in [0.1, 0.15) is 85.7 Å². The molecular formula is C34H41F3N4O3. The predicted octanol–water partition coefficient (Wildman–Crippen LogP) is 5.90. The van der Waals surface area contributed by atoms with E-state index in [1.807, 2.05) is 30.0 Å². The van der Waals surface area contributed by atoms with Crippen molar-refractivity contribution in [2.45, 2.75) is 88.5 Å². The molecule has 2 saturated carbocycles. The topological polar surface area (TPSA) is 66.0 Å². The summed E-state index contributed by atoms with van der Waals surface area (Å²) in [7, 11) is 0. The molecule has 0 N–H and O–H groups in total. The van der Waals surface area contributed by atoms with Crippen molar-refractivity contribution in [3.8, 4) is 0 Å². The van der Waals surface area contributed by atoms with E-state index in [9.17, 15) is 22.8 Å². The summed E-state index contributed by atoms with van der Waals surface area (Å²) in [4.78, 5) is 37.5. The minimum atomic E-state index is -4.40. The summed E-state index contributed by atoms with van der Waals surface area (Å²) in [6, 6.07) is 10.5. The summed E-state index contributed by atoms with van der Waals surface area (Å²) in [5.74, 6) is 1.18. The van der Waals surface area contributed by atoms with Crippen molar-refractivity contribution in [1.29, 1.82) is 0 Å². The number of nitrogens with zero attached hydrogens (tertiary/aromatic N) is 4. The lowest BCUT2D eigenvalue weighted by atomic mass is 9.78. The highest BCUT2D eigenvalue weighted by molar-refractivity contribution is 5.89. The zero-order valence-electron chi connectivity index (χ0n) is 25.3. The van der Waals surface area contributed by atoms with E-state index in [2.05, 4.69) is 20.9 Å². The Labute approximate surface area is 256 Å². The van der Waals surface area contributed by atoms with Gasteiger partial charge in [0.15, 0.2) is 0 Å². The van der Waals surface area contributed by atoms with Gasteiger partial charge in [-0.3, -0.25) is 4.79 Å². The highest BCUT2D eigenvalue weighted by Gasteiger charge is 2.59. The molecule has 10 heteroatoms. The number of hydrogen-bond acceptors (Lipinski definition) is 6. The average molecular weight is 611 g/mol. The van der Waals surface area contributed by atoms with Crippen LogP contribution >= 0.6 is 0 Å². The SMILES string of the molecule is CCOC(=O)c1cccc(C2CCN([C@H]3C[C@H]4CCC[C@@]4(C(=O)N4C[C@@H]5C[C@H]4CN5c4cc(C(F)(F)F)ccn4)C3)CC2)c1. The second kappa shape index (κ2) is 11.3. The Balaban J connectivity index is 0.985. The number of hydrogen-bond donors (Lipinski definition) is 0. The van der Waals surface area contributed by atoms with Crippen LogP contribution in [0.3, 0.4) is 0 Å². The van der Waals surface area contributed by atoms with Crippen molar-refractivity contribution >= 4 is 17.7 Å². The number of anilines is 1. The van der Waals surface area contributed by atoms with Gasteiger partial charge in [0.2, 0.25) is 5.91 Å². The van der Waals surface area contributed by atoms with Crippen LogP contribution in [0.4, 0.5) is 19.0 Å². The van der Waals surface area contributed by atoms with E-state index in [0.717, 1.165) is 76.6 Å². The minimum Gasteiger partial charge on any atom is -0.462 e. The molecule has 44 heavy (non-hydrogen) atoms. The molecule has 3 saturated heterocycles. The zero-order valence-corrected chi connectivity index (χ0v) is 25.3. The Morgan fingerprint density at radius 3 is 2.57 bits per heavy atom. The van der Waals surface area contributed by atoms with Crippen LogP contribution in [0.2, 0.25) is 0 Å². The lowest BCUT2D eigenvalue weighted by Gasteiger charge is -2.41. The molecule has 0 unspecified atom stereocenters. The number of likely N-dealkylation sites (tertiary alicyclic amines) is 2. The molecule has 236 valence electrons.